The summed E-state index contributed by atoms with van der Waals surface area (Å²) in [5.41, 5.74) is 6.53. The van der Waals surface area contributed by atoms with Gasteiger partial charge in [-0.15, -0.1) is 12.4 Å². The third kappa shape index (κ3) is 2.99. The molecule has 3 rings (SSSR count). The van der Waals surface area contributed by atoms with Crippen LogP contribution in [0.2, 0.25) is 0 Å². The molecule has 1 heterocycles. The Morgan fingerprint density at radius 1 is 1.25 bits per heavy atom. The SMILES string of the molecule is Cl.NC1CCC(C(=O)Nc2cccc3c2OCCO3)C1. The largest absolute Gasteiger partial charge is 0.486 e. The van der Waals surface area contributed by atoms with Gasteiger partial charge in [-0.1, -0.05) is 6.07 Å². The van der Waals surface area contributed by atoms with E-state index in [1.54, 1.807) is 0 Å². The smallest absolute Gasteiger partial charge is 0.227 e. The highest BCUT2D eigenvalue weighted by Crippen LogP contribution is 2.38. The zero-order valence-electron chi connectivity index (χ0n) is 11.1. The number of ether oxygens (including phenoxy) is 2. The van der Waals surface area contributed by atoms with E-state index in [0.29, 0.717) is 30.4 Å². The summed E-state index contributed by atoms with van der Waals surface area (Å²) >= 11 is 0. The lowest BCUT2D eigenvalue weighted by molar-refractivity contribution is -0.119. The second kappa shape index (κ2) is 6.33. The molecule has 1 aliphatic carbocycles. The zero-order chi connectivity index (χ0) is 13.2. The molecule has 1 aliphatic heterocycles. The Kier molecular flexibility index (Phi) is 4.73. The van der Waals surface area contributed by atoms with Gasteiger partial charge in [-0.3, -0.25) is 4.79 Å². The van der Waals surface area contributed by atoms with Crippen LogP contribution in [-0.2, 0) is 4.79 Å². The highest BCUT2D eigenvalue weighted by atomic mass is 35.5. The quantitative estimate of drug-likeness (QED) is 0.875. The average Bonchev–Trinajstić information content (AvgIpc) is 2.86. The molecule has 3 N–H and O–H groups in total. The standard InChI is InChI=1S/C14H18N2O3.ClH/c15-10-5-4-9(8-10)14(17)16-11-2-1-3-12-13(11)19-7-6-18-12;/h1-3,9-10H,4-8,15H2,(H,16,17);1H. The van der Waals surface area contributed by atoms with Crippen molar-refractivity contribution in [2.75, 3.05) is 18.5 Å². The lowest BCUT2D eigenvalue weighted by Gasteiger charge is -2.21. The first-order chi connectivity index (χ1) is 9.24. The van der Waals surface area contributed by atoms with E-state index in [1.165, 1.54) is 0 Å². The number of anilines is 1. The van der Waals surface area contributed by atoms with Crippen LogP contribution >= 0.6 is 12.4 Å². The van der Waals surface area contributed by atoms with Crippen LogP contribution < -0.4 is 20.5 Å². The second-order valence-corrected chi connectivity index (χ2v) is 5.09. The Morgan fingerprint density at radius 3 is 2.80 bits per heavy atom. The highest BCUT2D eigenvalue weighted by Gasteiger charge is 2.28. The first-order valence-electron chi connectivity index (χ1n) is 6.69. The van der Waals surface area contributed by atoms with Gasteiger partial charge in [-0.2, -0.15) is 0 Å². The van der Waals surface area contributed by atoms with Crippen LogP contribution in [0.15, 0.2) is 18.2 Å². The fraction of sp³-hybridized carbons (Fsp3) is 0.500. The van der Waals surface area contributed by atoms with Gasteiger partial charge in [-0.05, 0) is 31.4 Å². The fourth-order valence-electron chi connectivity index (χ4n) is 2.66. The van der Waals surface area contributed by atoms with Crippen molar-refractivity contribution in [3.8, 4) is 11.5 Å². The molecular weight excluding hydrogens is 280 g/mol. The number of amides is 1. The maximum Gasteiger partial charge on any atom is 0.227 e. The molecule has 1 amide bonds. The van der Waals surface area contributed by atoms with Gasteiger partial charge in [0.05, 0.1) is 5.69 Å². The Morgan fingerprint density at radius 2 is 2.05 bits per heavy atom. The van der Waals surface area contributed by atoms with Crippen molar-refractivity contribution in [1.29, 1.82) is 0 Å². The van der Waals surface area contributed by atoms with Gasteiger partial charge in [0.25, 0.3) is 0 Å². The van der Waals surface area contributed by atoms with Gasteiger partial charge in [-0.25, -0.2) is 0 Å². The Balaban J connectivity index is 0.00000147. The number of rotatable bonds is 2. The molecule has 2 unspecified atom stereocenters. The Bertz CT molecular complexity index is 495. The van der Waals surface area contributed by atoms with E-state index in [9.17, 15) is 4.79 Å². The average molecular weight is 299 g/mol. The molecule has 5 nitrogen and oxygen atoms in total. The van der Waals surface area contributed by atoms with Gasteiger partial charge in [0.1, 0.15) is 13.2 Å². The monoisotopic (exact) mass is 298 g/mol. The summed E-state index contributed by atoms with van der Waals surface area (Å²) in [5.74, 6) is 1.35. The van der Waals surface area contributed by atoms with Crippen LogP contribution in [0.4, 0.5) is 5.69 Å². The molecule has 0 saturated heterocycles. The summed E-state index contributed by atoms with van der Waals surface area (Å²) in [6.45, 7) is 1.05. The van der Waals surface area contributed by atoms with Gasteiger partial charge in [0, 0.05) is 12.0 Å². The first kappa shape index (κ1) is 14.9. The Labute approximate surface area is 124 Å². The molecule has 2 atom stereocenters. The molecule has 1 aromatic carbocycles. The molecule has 1 fully saturated rings. The van der Waals surface area contributed by atoms with Crippen molar-refractivity contribution in [2.45, 2.75) is 25.3 Å². The predicted molar refractivity (Wildman–Crippen MR) is 78.6 cm³/mol. The topological polar surface area (TPSA) is 73.6 Å². The van der Waals surface area contributed by atoms with Crippen molar-refractivity contribution in [3.63, 3.8) is 0 Å². The van der Waals surface area contributed by atoms with Gasteiger partial charge in [0.15, 0.2) is 11.5 Å². The summed E-state index contributed by atoms with van der Waals surface area (Å²) in [6, 6.07) is 5.68. The molecule has 6 heteroatoms. The van der Waals surface area contributed by atoms with E-state index < -0.39 is 0 Å². The summed E-state index contributed by atoms with van der Waals surface area (Å²) in [4.78, 5) is 12.2. The molecule has 0 spiro atoms. The van der Waals surface area contributed by atoms with Crippen LogP contribution in [0, 0.1) is 5.92 Å². The highest BCUT2D eigenvalue weighted by molar-refractivity contribution is 5.94. The van der Waals surface area contributed by atoms with Gasteiger partial charge >= 0.3 is 0 Å². The van der Waals surface area contributed by atoms with Crippen LogP contribution in [0.3, 0.4) is 0 Å². The number of nitrogens with two attached hydrogens (primary N) is 1. The number of nitrogens with one attached hydrogen (secondary N) is 1. The fourth-order valence-corrected chi connectivity index (χ4v) is 2.66. The summed E-state index contributed by atoms with van der Waals surface area (Å²) < 4.78 is 11.1. The van der Waals surface area contributed by atoms with Crippen LogP contribution in [-0.4, -0.2) is 25.2 Å². The maximum absolute atomic E-state index is 12.2. The van der Waals surface area contributed by atoms with Gasteiger partial charge < -0.3 is 20.5 Å². The third-order valence-electron chi connectivity index (χ3n) is 3.67. The number of carbonyl (C=O) groups excluding carboxylic acids is 1. The summed E-state index contributed by atoms with van der Waals surface area (Å²) in [7, 11) is 0. The summed E-state index contributed by atoms with van der Waals surface area (Å²) in [5, 5.41) is 2.93. The number of hydrogen-bond donors (Lipinski definition) is 2. The molecule has 1 saturated carbocycles. The first-order valence-corrected chi connectivity index (χ1v) is 6.69. The van der Waals surface area contributed by atoms with E-state index in [0.717, 1.165) is 19.3 Å². The normalized spacial score (nSPS) is 23.9. The predicted octanol–water partition coefficient (Wildman–Crippen LogP) is 1.95. The molecule has 0 radical (unpaired) electrons. The Hall–Kier alpha value is -1.46. The van der Waals surface area contributed by atoms with Crippen molar-refractivity contribution in [1.82, 2.24) is 0 Å². The lowest BCUT2D eigenvalue weighted by atomic mass is 10.1. The van der Waals surface area contributed by atoms with E-state index in [4.69, 9.17) is 15.2 Å². The number of hydrogen-bond acceptors (Lipinski definition) is 4. The third-order valence-corrected chi connectivity index (χ3v) is 3.67. The molecule has 2 aliphatic rings. The molecule has 20 heavy (non-hydrogen) atoms. The van der Waals surface area contributed by atoms with Crippen LogP contribution in [0.1, 0.15) is 19.3 Å². The molecule has 110 valence electrons. The second-order valence-electron chi connectivity index (χ2n) is 5.09. The minimum atomic E-state index is 0. The molecule has 0 bridgehead atoms. The molecule has 0 aromatic heterocycles. The lowest BCUT2D eigenvalue weighted by Crippen LogP contribution is -2.24. The van der Waals surface area contributed by atoms with Crippen molar-refractivity contribution in [3.05, 3.63) is 18.2 Å². The van der Waals surface area contributed by atoms with E-state index in [-0.39, 0.29) is 30.3 Å². The van der Waals surface area contributed by atoms with E-state index in [2.05, 4.69) is 5.32 Å². The van der Waals surface area contributed by atoms with E-state index in [1.807, 2.05) is 18.2 Å². The number of carbonyl (C=O) groups is 1. The van der Waals surface area contributed by atoms with Gasteiger partial charge in [0.2, 0.25) is 5.91 Å². The van der Waals surface area contributed by atoms with Crippen LogP contribution in [0.5, 0.6) is 11.5 Å². The number of benzene rings is 1. The van der Waals surface area contributed by atoms with Crippen molar-refractivity contribution >= 4 is 24.0 Å². The molecule has 1 aromatic rings. The maximum atomic E-state index is 12.2. The number of fused-ring (bicyclic) bond motifs is 1. The van der Waals surface area contributed by atoms with Crippen molar-refractivity contribution in [2.24, 2.45) is 11.7 Å². The number of para-hydroxylation sites is 1. The van der Waals surface area contributed by atoms with E-state index >= 15 is 0 Å². The number of halogens is 1. The minimum absolute atomic E-state index is 0. The molecular formula is C14H19ClN2O3. The zero-order valence-corrected chi connectivity index (χ0v) is 11.9. The van der Waals surface area contributed by atoms with Crippen molar-refractivity contribution < 1.29 is 14.3 Å². The minimum Gasteiger partial charge on any atom is -0.486 e. The summed E-state index contributed by atoms with van der Waals surface area (Å²) in [6.07, 6.45) is 2.54. The van der Waals surface area contributed by atoms with Crippen LogP contribution in [0.25, 0.3) is 0 Å².